The summed E-state index contributed by atoms with van der Waals surface area (Å²) in [4.78, 5) is 4.88. The van der Waals surface area contributed by atoms with Gasteiger partial charge in [-0.25, -0.2) is 0 Å². The first-order valence-corrected chi connectivity index (χ1v) is 7.85. The van der Waals surface area contributed by atoms with Gasteiger partial charge in [-0.15, -0.1) is 0 Å². The van der Waals surface area contributed by atoms with E-state index in [-0.39, 0.29) is 0 Å². The monoisotopic (exact) mass is 291 g/mol. The molecule has 112 valence electrons. The van der Waals surface area contributed by atoms with Crippen LogP contribution in [-0.4, -0.2) is 4.98 Å². The highest BCUT2D eigenvalue weighted by Gasteiger charge is 2.20. The lowest BCUT2D eigenvalue weighted by Crippen LogP contribution is -2.35. The predicted octanol–water partition coefficient (Wildman–Crippen LogP) is 4.47. The zero-order valence-electron chi connectivity index (χ0n) is 14.0. The third kappa shape index (κ3) is 2.39. The maximum Gasteiger partial charge on any atom is 0.222 e. The summed E-state index contributed by atoms with van der Waals surface area (Å²) < 4.78 is 2.27. The molecule has 2 nitrogen and oxygen atoms in total. The molecule has 0 aliphatic rings. The van der Waals surface area contributed by atoms with E-state index in [4.69, 9.17) is 4.98 Å². The zero-order chi connectivity index (χ0) is 15.9. The molecule has 0 unspecified atom stereocenters. The molecule has 0 N–H and O–H groups in total. The van der Waals surface area contributed by atoms with E-state index in [2.05, 4.69) is 81.8 Å². The van der Waals surface area contributed by atoms with Crippen LogP contribution >= 0.6 is 0 Å². The van der Waals surface area contributed by atoms with Gasteiger partial charge in [0.25, 0.3) is 0 Å². The number of aromatic nitrogens is 2. The second-order valence-electron chi connectivity index (χ2n) is 6.33. The smallest absolute Gasteiger partial charge is 0.222 e. The summed E-state index contributed by atoms with van der Waals surface area (Å²) >= 11 is 0. The number of hydrogen-bond donors (Lipinski definition) is 0. The Morgan fingerprint density at radius 3 is 2.41 bits per heavy atom. The predicted molar refractivity (Wildman–Crippen MR) is 91.9 cm³/mol. The van der Waals surface area contributed by atoms with Gasteiger partial charge >= 0.3 is 0 Å². The van der Waals surface area contributed by atoms with E-state index < -0.39 is 0 Å². The minimum Gasteiger partial charge on any atom is -0.252 e. The molecule has 0 aliphatic carbocycles. The number of aryl methyl sites for hydroxylation is 2. The quantitative estimate of drug-likeness (QED) is 0.637. The van der Waals surface area contributed by atoms with Crippen molar-refractivity contribution >= 4 is 10.9 Å². The number of nitrogens with zero attached hydrogens (tertiary/aromatic N) is 2. The lowest BCUT2D eigenvalue weighted by atomic mass is 9.99. The molecule has 0 saturated carbocycles. The second-order valence-corrected chi connectivity index (χ2v) is 6.33. The van der Waals surface area contributed by atoms with E-state index in [0.29, 0.717) is 5.92 Å². The van der Waals surface area contributed by atoms with Gasteiger partial charge in [0.05, 0.1) is 10.9 Å². The maximum absolute atomic E-state index is 4.88. The fourth-order valence-corrected chi connectivity index (χ4v) is 2.94. The molecule has 0 saturated heterocycles. The first-order chi connectivity index (χ1) is 10.5. The van der Waals surface area contributed by atoms with E-state index in [1.165, 1.54) is 27.9 Å². The molecule has 0 bridgehead atoms. The van der Waals surface area contributed by atoms with Gasteiger partial charge < -0.3 is 0 Å². The zero-order valence-corrected chi connectivity index (χ0v) is 14.0. The van der Waals surface area contributed by atoms with Gasteiger partial charge in [-0.3, -0.25) is 4.98 Å². The van der Waals surface area contributed by atoms with Crippen molar-refractivity contribution in [3.8, 4) is 11.3 Å². The number of rotatable bonds is 2. The van der Waals surface area contributed by atoms with Gasteiger partial charge in [0.15, 0.2) is 5.69 Å². The van der Waals surface area contributed by atoms with Crippen molar-refractivity contribution in [2.45, 2.75) is 33.6 Å². The highest BCUT2D eigenvalue weighted by Crippen LogP contribution is 2.28. The maximum atomic E-state index is 4.88. The summed E-state index contributed by atoms with van der Waals surface area (Å²) in [5, 5.41) is 1.21. The van der Waals surface area contributed by atoms with Gasteiger partial charge in [0.1, 0.15) is 7.05 Å². The van der Waals surface area contributed by atoms with Crippen molar-refractivity contribution < 1.29 is 4.57 Å². The molecular weight excluding hydrogens is 268 g/mol. The van der Waals surface area contributed by atoms with Crippen LogP contribution in [0.2, 0.25) is 0 Å². The van der Waals surface area contributed by atoms with Crippen LogP contribution in [0.3, 0.4) is 0 Å². The van der Waals surface area contributed by atoms with Crippen molar-refractivity contribution in [2.24, 2.45) is 7.05 Å². The average Bonchev–Trinajstić information content (AvgIpc) is 2.49. The number of benzene rings is 1. The van der Waals surface area contributed by atoms with Gasteiger partial charge in [0.2, 0.25) is 5.69 Å². The Morgan fingerprint density at radius 2 is 1.73 bits per heavy atom. The molecule has 2 heterocycles. The Balaban J connectivity index is 2.38. The molecule has 0 radical (unpaired) electrons. The van der Waals surface area contributed by atoms with E-state index >= 15 is 0 Å². The molecule has 0 spiro atoms. The summed E-state index contributed by atoms with van der Waals surface area (Å²) in [6.45, 7) is 8.68. The standard InChI is InChI=1S/C20H23N2/c1-13(2)18-11-10-17-19(21-18)12-15(4)22(5)20(17)16-9-7-6-8-14(16)3/h6-13H,1-5H3/q+1. The van der Waals surface area contributed by atoms with E-state index in [9.17, 15) is 0 Å². The summed E-state index contributed by atoms with van der Waals surface area (Å²) in [5.74, 6) is 0.445. The minimum atomic E-state index is 0.445. The normalized spacial score (nSPS) is 11.4. The Labute approximate surface area is 132 Å². The summed E-state index contributed by atoms with van der Waals surface area (Å²) in [7, 11) is 2.13. The Hall–Kier alpha value is -2.22. The molecule has 2 heteroatoms. The molecule has 1 aromatic carbocycles. The van der Waals surface area contributed by atoms with Crippen LogP contribution in [0.4, 0.5) is 0 Å². The molecule has 0 atom stereocenters. The highest BCUT2D eigenvalue weighted by atomic mass is 14.9. The van der Waals surface area contributed by atoms with Gasteiger partial charge in [0, 0.05) is 24.2 Å². The third-order valence-corrected chi connectivity index (χ3v) is 4.40. The fourth-order valence-electron chi connectivity index (χ4n) is 2.94. The van der Waals surface area contributed by atoms with E-state index in [1.807, 2.05) is 0 Å². The van der Waals surface area contributed by atoms with E-state index in [0.717, 1.165) is 11.2 Å². The van der Waals surface area contributed by atoms with Crippen LogP contribution in [0.25, 0.3) is 22.2 Å². The van der Waals surface area contributed by atoms with E-state index in [1.54, 1.807) is 0 Å². The summed E-state index contributed by atoms with van der Waals surface area (Å²) in [5.41, 5.74) is 7.27. The minimum absolute atomic E-state index is 0.445. The first kappa shape index (κ1) is 14.7. The van der Waals surface area contributed by atoms with Crippen LogP contribution in [-0.2, 0) is 7.05 Å². The summed E-state index contributed by atoms with van der Waals surface area (Å²) in [6.07, 6.45) is 0. The SMILES string of the molecule is Cc1ccccc1-c1c2ccc(C(C)C)nc2cc(C)[n+]1C. The molecule has 0 fully saturated rings. The molecule has 2 aromatic heterocycles. The van der Waals surface area contributed by atoms with Crippen molar-refractivity contribution in [1.82, 2.24) is 4.98 Å². The Bertz CT molecular complexity index is 848. The van der Waals surface area contributed by atoms with Crippen molar-refractivity contribution in [2.75, 3.05) is 0 Å². The largest absolute Gasteiger partial charge is 0.252 e. The van der Waals surface area contributed by atoms with Crippen LogP contribution in [0.15, 0.2) is 42.5 Å². The molecule has 22 heavy (non-hydrogen) atoms. The van der Waals surface area contributed by atoms with Gasteiger partial charge in [-0.2, -0.15) is 4.57 Å². The molecule has 0 amide bonds. The first-order valence-electron chi connectivity index (χ1n) is 7.85. The number of fused-ring (bicyclic) bond motifs is 1. The molecule has 3 rings (SSSR count). The van der Waals surface area contributed by atoms with Crippen molar-refractivity contribution in [3.05, 3.63) is 59.4 Å². The lowest BCUT2D eigenvalue weighted by Gasteiger charge is -2.11. The topological polar surface area (TPSA) is 16.8 Å². The van der Waals surface area contributed by atoms with Crippen LogP contribution in [0.5, 0.6) is 0 Å². The van der Waals surface area contributed by atoms with Crippen LogP contribution in [0, 0.1) is 13.8 Å². The number of hydrogen-bond acceptors (Lipinski definition) is 1. The van der Waals surface area contributed by atoms with Crippen molar-refractivity contribution in [1.29, 1.82) is 0 Å². The van der Waals surface area contributed by atoms with Gasteiger partial charge in [-0.1, -0.05) is 32.0 Å². The molecule has 3 aromatic rings. The highest BCUT2D eigenvalue weighted by molar-refractivity contribution is 5.91. The van der Waals surface area contributed by atoms with Gasteiger partial charge in [-0.05, 0) is 36.6 Å². The third-order valence-electron chi connectivity index (χ3n) is 4.40. The average molecular weight is 291 g/mol. The van der Waals surface area contributed by atoms with Crippen LogP contribution in [0.1, 0.15) is 36.7 Å². The molecular formula is C20H23N2+. The fraction of sp³-hybridized carbons (Fsp3) is 0.300. The summed E-state index contributed by atoms with van der Waals surface area (Å²) in [6, 6.07) is 15.1. The number of pyridine rings is 2. The second kappa shape index (κ2) is 5.53. The Kier molecular flexibility index (Phi) is 3.69. The Morgan fingerprint density at radius 1 is 1.00 bits per heavy atom. The van der Waals surface area contributed by atoms with Crippen molar-refractivity contribution in [3.63, 3.8) is 0 Å². The van der Waals surface area contributed by atoms with Crippen LogP contribution < -0.4 is 4.57 Å². The molecule has 0 aliphatic heterocycles. The lowest BCUT2D eigenvalue weighted by molar-refractivity contribution is -0.665.